The van der Waals surface area contributed by atoms with E-state index in [9.17, 15) is 36.2 Å². The Bertz CT molecular complexity index is 893. The van der Waals surface area contributed by atoms with Crippen molar-refractivity contribution in [3.8, 4) is 23.0 Å². The summed E-state index contributed by atoms with van der Waals surface area (Å²) >= 11 is 0. The minimum absolute atomic E-state index is 0.0778. The molecule has 0 bridgehead atoms. The van der Waals surface area contributed by atoms with Crippen molar-refractivity contribution in [3.63, 3.8) is 0 Å². The van der Waals surface area contributed by atoms with E-state index in [0.717, 1.165) is 18.2 Å². The number of rotatable bonds is 6. The van der Waals surface area contributed by atoms with Crippen molar-refractivity contribution >= 4 is 22.0 Å². The third-order valence-electron chi connectivity index (χ3n) is 3.11. The molecule has 0 spiro atoms. The van der Waals surface area contributed by atoms with E-state index in [-0.39, 0.29) is 12.0 Å². The van der Waals surface area contributed by atoms with Crippen LogP contribution in [0.4, 0.5) is 26.3 Å². The Morgan fingerprint density at radius 2 is 1.48 bits per heavy atom. The average molecular weight is 416 g/mol. The van der Waals surface area contributed by atoms with Gasteiger partial charge in [-0.2, -0.15) is 13.2 Å². The van der Waals surface area contributed by atoms with Gasteiger partial charge < -0.3 is 19.3 Å². The van der Waals surface area contributed by atoms with Crippen LogP contribution < -0.4 is 14.2 Å². The molecule has 0 heterocycles. The predicted molar refractivity (Wildman–Crippen MR) is 87.1 cm³/mol. The number of aldehydes is 1. The van der Waals surface area contributed by atoms with Gasteiger partial charge in [-0.15, -0.1) is 13.2 Å². The molecule has 0 aliphatic heterocycles. The quantitative estimate of drug-likeness (QED) is 0.338. The monoisotopic (exact) mass is 416 g/mol. The summed E-state index contributed by atoms with van der Waals surface area (Å²) in [6, 6.07) is 4.20. The molecule has 5 nitrogen and oxygen atoms in total. The molecule has 2 aromatic carbocycles. The Morgan fingerprint density at radius 3 is 2.00 bits per heavy atom. The van der Waals surface area contributed by atoms with Crippen molar-refractivity contribution in [2.45, 2.75) is 18.1 Å². The Labute approximate surface area is 162 Å². The van der Waals surface area contributed by atoms with Crippen LogP contribution in [0.25, 0.3) is 0 Å². The molecule has 0 amide bonds. The summed E-state index contributed by atoms with van der Waals surface area (Å²) in [5, 5.41) is 9.35. The van der Waals surface area contributed by atoms with Crippen molar-refractivity contribution < 1.29 is 50.5 Å². The summed E-state index contributed by atoms with van der Waals surface area (Å²) in [6.07, 6.45) is -9.70. The van der Waals surface area contributed by atoms with Crippen LogP contribution in [-0.4, -0.2) is 39.0 Å². The van der Waals surface area contributed by atoms with E-state index in [0.29, 0.717) is 18.2 Å². The molecule has 4 radical (unpaired) electrons. The number of halogens is 6. The van der Waals surface area contributed by atoms with Gasteiger partial charge in [0.05, 0.1) is 11.1 Å². The highest BCUT2D eigenvalue weighted by Crippen LogP contribution is 2.39. The van der Waals surface area contributed by atoms with Gasteiger partial charge >= 0.3 is 12.5 Å². The van der Waals surface area contributed by atoms with Crippen molar-refractivity contribution in [3.05, 3.63) is 47.5 Å². The van der Waals surface area contributed by atoms with Gasteiger partial charge in [0.2, 0.25) is 0 Å². The fourth-order valence-electron chi connectivity index (χ4n) is 2.05. The maximum Gasteiger partial charge on any atom is 0.573 e. The number of aliphatic hydroxyl groups is 1. The number of carbonyl (C=O) groups is 1. The normalized spacial score (nSPS) is 12.4. The van der Waals surface area contributed by atoms with Gasteiger partial charge in [0, 0.05) is 6.07 Å². The molecule has 0 aromatic heterocycles. The lowest BCUT2D eigenvalue weighted by atomic mass is 9.76. The van der Waals surface area contributed by atoms with Crippen molar-refractivity contribution in [2.75, 3.05) is 0 Å². The molecule has 0 saturated carbocycles. The first-order valence-corrected chi connectivity index (χ1v) is 7.41. The van der Waals surface area contributed by atoms with Crippen LogP contribution in [0, 0.1) is 0 Å². The standard InChI is InChI=1S/C16H8B2F6O5/c17-15(18,26)29-13-6-10(28-16(22,23)24)2-4-12(13)27-11-3-1-9(14(19,20)21)5-8(11)7-25/h1-7,26H. The second-order valence-electron chi connectivity index (χ2n) is 5.48. The summed E-state index contributed by atoms with van der Waals surface area (Å²) in [7, 11) is 10.1. The topological polar surface area (TPSA) is 65.0 Å². The Balaban J connectivity index is 2.44. The lowest BCUT2D eigenvalue weighted by Gasteiger charge is -2.24. The molecule has 0 aliphatic rings. The Morgan fingerprint density at radius 1 is 0.862 bits per heavy atom. The van der Waals surface area contributed by atoms with Crippen LogP contribution >= 0.6 is 0 Å². The van der Waals surface area contributed by atoms with Gasteiger partial charge in [-0.25, -0.2) is 0 Å². The number of hydrogen-bond acceptors (Lipinski definition) is 5. The zero-order valence-electron chi connectivity index (χ0n) is 14.0. The van der Waals surface area contributed by atoms with E-state index in [1.807, 2.05) is 0 Å². The highest BCUT2D eigenvalue weighted by molar-refractivity contribution is 6.37. The fraction of sp³-hybridized carbons (Fsp3) is 0.188. The van der Waals surface area contributed by atoms with Crippen molar-refractivity contribution in [1.82, 2.24) is 0 Å². The van der Waals surface area contributed by atoms with E-state index in [4.69, 9.17) is 20.4 Å². The van der Waals surface area contributed by atoms with Gasteiger partial charge in [-0.3, -0.25) is 4.79 Å². The van der Waals surface area contributed by atoms with Crippen LogP contribution in [-0.2, 0) is 6.18 Å². The maximum absolute atomic E-state index is 12.8. The van der Waals surface area contributed by atoms with Crippen LogP contribution in [0.3, 0.4) is 0 Å². The second-order valence-corrected chi connectivity index (χ2v) is 5.48. The van der Waals surface area contributed by atoms with Crippen LogP contribution in [0.2, 0.25) is 0 Å². The number of benzene rings is 2. The number of ether oxygens (including phenoxy) is 3. The molecule has 2 aromatic rings. The number of alkyl halides is 6. The van der Waals surface area contributed by atoms with E-state index in [1.54, 1.807) is 0 Å². The molecular formula is C16H8B2F6O5. The molecule has 29 heavy (non-hydrogen) atoms. The first-order valence-electron chi connectivity index (χ1n) is 7.41. The van der Waals surface area contributed by atoms with Crippen LogP contribution in [0.1, 0.15) is 15.9 Å². The first kappa shape index (κ1) is 22.5. The van der Waals surface area contributed by atoms with Gasteiger partial charge in [0.15, 0.2) is 33.5 Å². The Hall–Kier alpha value is -2.82. The van der Waals surface area contributed by atoms with Gasteiger partial charge in [-0.1, -0.05) is 0 Å². The van der Waals surface area contributed by atoms with Crippen LogP contribution in [0.5, 0.6) is 23.0 Å². The Kier molecular flexibility index (Phi) is 6.12. The number of hydrogen-bond donors (Lipinski definition) is 1. The highest BCUT2D eigenvalue weighted by atomic mass is 19.4. The summed E-state index contributed by atoms with van der Waals surface area (Å²) in [6.45, 7) is 0. The van der Waals surface area contributed by atoms with Gasteiger partial charge in [0.1, 0.15) is 17.1 Å². The molecule has 1 N–H and O–H groups in total. The zero-order valence-corrected chi connectivity index (χ0v) is 14.0. The maximum atomic E-state index is 12.8. The zero-order chi connectivity index (χ0) is 22.0. The van der Waals surface area contributed by atoms with Crippen molar-refractivity contribution in [1.29, 1.82) is 0 Å². The molecular weight excluding hydrogens is 408 g/mol. The largest absolute Gasteiger partial charge is 0.573 e. The summed E-state index contributed by atoms with van der Waals surface area (Å²) in [5.41, 5.74) is -4.49. The van der Waals surface area contributed by atoms with E-state index in [2.05, 4.69) is 9.47 Å². The molecule has 0 saturated heterocycles. The molecule has 0 fully saturated rings. The molecule has 0 aliphatic carbocycles. The SMILES string of the molecule is [B]C([B])(O)Oc1cc(OC(F)(F)F)ccc1Oc1ccc(C(F)(F)F)cc1C=O. The predicted octanol–water partition coefficient (Wildman–Crippen LogP) is 3.53. The molecule has 0 unspecified atom stereocenters. The lowest BCUT2D eigenvalue weighted by molar-refractivity contribution is -0.274. The second kappa shape index (κ2) is 7.90. The summed E-state index contributed by atoms with van der Waals surface area (Å²) in [5.74, 6) is -2.28. The molecule has 13 heteroatoms. The molecule has 0 atom stereocenters. The van der Waals surface area contributed by atoms with E-state index < -0.39 is 46.5 Å². The lowest BCUT2D eigenvalue weighted by Crippen LogP contribution is -2.36. The minimum atomic E-state index is -5.06. The first-order chi connectivity index (χ1) is 13.2. The third-order valence-corrected chi connectivity index (χ3v) is 3.11. The van der Waals surface area contributed by atoms with E-state index in [1.165, 1.54) is 0 Å². The van der Waals surface area contributed by atoms with E-state index >= 15 is 0 Å². The summed E-state index contributed by atoms with van der Waals surface area (Å²) in [4.78, 5) is 11.1. The van der Waals surface area contributed by atoms with Crippen molar-refractivity contribution in [2.24, 2.45) is 0 Å². The van der Waals surface area contributed by atoms with Gasteiger partial charge in [-0.05, 0) is 30.3 Å². The highest BCUT2D eigenvalue weighted by Gasteiger charge is 2.33. The van der Waals surface area contributed by atoms with Crippen LogP contribution in [0.15, 0.2) is 36.4 Å². The van der Waals surface area contributed by atoms with Gasteiger partial charge in [0.25, 0.3) is 0 Å². The molecule has 2 rings (SSSR count). The minimum Gasteiger partial charge on any atom is -0.478 e. The summed E-state index contributed by atoms with van der Waals surface area (Å²) < 4.78 is 89.0. The third kappa shape index (κ3) is 6.63. The average Bonchev–Trinajstić information content (AvgIpc) is 2.53. The fourth-order valence-corrected chi connectivity index (χ4v) is 2.05. The number of carbonyl (C=O) groups excluding carboxylic acids is 1. The molecule has 150 valence electrons. The smallest absolute Gasteiger partial charge is 0.478 e.